The van der Waals surface area contributed by atoms with Crippen molar-refractivity contribution in [2.24, 2.45) is 0 Å². The van der Waals surface area contributed by atoms with Gasteiger partial charge in [-0.2, -0.15) is 0 Å². The van der Waals surface area contributed by atoms with Gasteiger partial charge in [0.25, 0.3) is 0 Å². The Kier molecular flexibility index (Phi) is 3.46. The highest BCUT2D eigenvalue weighted by molar-refractivity contribution is 5.93. The summed E-state index contributed by atoms with van der Waals surface area (Å²) in [7, 11) is 3.84. The van der Waals surface area contributed by atoms with E-state index in [0.29, 0.717) is 6.42 Å². The van der Waals surface area contributed by atoms with Gasteiger partial charge in [0.2, 0.25) is 0 Å². The summed E-state index contributed by atoms with van der Waals surface area (Å²) in [5.41, 5.74) is 2.82. The molecule has 0 bridgehead atoms. The minimum absolute atomic E-state index is 0.106. The molecule has 0 atom stereocenters. The number of carbonyl (C=O) groups is 1. The summed E-state index contributed by atoms with van der Waals surface area (Å²) in [5.74, 6) is 0.106. The first kappa shape index (κ1) is 12.4. The Balaban J connectivity index is 2.28. The normalized spacial score (nSPS) is 11.8. The molecule has 2 aromatic rings. The monoisotopic (exact) mass is 243 g/mol. The molecule has 2 aromatic heterocycles. The van der Waals surface area contributed by atoms with Gasteiger partial charge in [0, 0.05) is 50.9 Å². The first-order valence-corrected chi connectivity index (χ1v) is 5.86. The summed E-state index contributed by atoms with van der Waals surface area (Å²) in [4.78, 5) is 17.7. The number of ketones is 1. The Labute approximate surface area is 107 Å². The summed E-state index contributed by atoms with van der Waals surface area (Å²) < 4.78 is 1.96. The van der Waals surface area contributed by atoms with Crippen LogP contribution in [0.15, 0.2) is 42.5 Å². The van der Waals surface area contributed by atoms with Crippen molar-refractivity contribution in [3.8, 4) is 0 Å². The Morgan fingerprint density at radius 1 is 1.44 bits per heavy atom. The molecule has 0 aromatic carbocycles. The zero-order valence-electron chi connectivity index (χ0n) is 10.9. The molecule has 94 valence electrons. The highest BCUT2D eigenvalue weighted by Crippen LogP contribution is 2.11. The zero-order valence-corrected chi connectivity index (χ0v) is 10.9. The Morgan fingerprint density at radius 3 is 2.89 bits per heavy atom. The second-order valence-corrected chi connectivity index (χ2v) is 4.58. The van der Waals surface area contributed by atoms with Gasteiger partial charge >= 0.3 is 0 Å². The van der Waals surface area contributed by atoms with Gasteiger partial charge in [0.05, 0.1) is 0 Å². The third-order valence-corrected chi connectivity index (χ3v) is 2.71. The molecule has 2 rings (SSSR count). The van der Waals surface area contributed by atoms with E-state index < -0.39 is 0 Å². The first-order valence-electron chi connectivity index (χ1n) is 5.86. The number of rotatable bonds is 4. The van der Waals surface area contributed by atoms with E-state index in [1.54, 1.807) is 13.1 Å². The van der Waals surface area contributed by atoms with Crippen LogP contribution in [0.2, 0.25) is 0 Å². The molecule has 0 aliphatic heterocycles. The third kappa shape index (κ3) is 2.77. The van der Waals surface area contributed by atoms with Gasteiger partial charge in [-0.1, -0.05) is 6.07 Å². The van der Waals surface area contributed by atoms with Gasteiger partial charge in [-0.05, 0) is 18.6 Å². The number of hydrogen-bond acceptors (Lipinski definition) is 3. The molecule has 4 heteroatoms. The number of nitrogens with zero attached hydrogens (tertiary/aromatic N) is 3. The number of hydrogen-bond donors (Lipinski definition) is 0. The van der Waals surface area contributed by atoms with E-state index in [4.69, 9.17) is 0 Å². The van der Waals surface area contributed by atoms with Gasteiger partial charge in [0.15, 0.2) is 5.78 Å². The van der Waals surface area contributed by atoms with Crippen LogP contribution >= 0.6 is 0 Å². The lowest BCUT2D eigenvalue weighted by Crippen LogP contribution is -2.09. The van der Waals surface area contributed by atoms with E-state index in [-0.39, 0.29) is 5.78 Å². The lowest BCUT2D eigenvalue weighted by Gasteiger charge is -2.10. The number of Topliss-reactive ketones (excluding diaryl/α,β-unsaturated/α-hetero) is 1. The maximum atomic E-state index is 11.6. The van der Waals surface area contributed by atoms with Crippen LogP contribution < -0.4 is 0 Å². The van der Waals surface area contributed by atoms with E-state index in [1.807, 2.05) is 54.1 Å². The Bertz CT molecular complexity index is 596. The highest BCUT2D eigenvalue weighted by Gasteiger charge is 2.06. The van der Waals surface area contributed by atoms with Crippen LogP contribution in [0, 0.1) is 0 Å². The van der Waals surface area contributed by atoms with Crippen LogP contribution in [0.1, 0.15) is 12.5 Å². The molecule has 0 fully saturated rings. The van der Waals surface area contributed by atoms with Gasteiger partial charge in [-0.15, -0.1) is 0 Å². The summed E-state index contributed by atoms with van der Waals surface area (Å²) >= 11 is 0. The van der Waals surface area contributed by atoms with Gasteiger partial charge < -0.3 is 9.30 Å². The first-order chi connectivity index (χ1) is 8.56. The summed E-state index contributed by atoms with van der Waals surface area (Å²) in [6.07, 6.45) is 8.19. The molecule has 4 nitrogen and oxygen atoms in total. The molecule has 0 amide bonds. The summed E-state index contributed by atoms with van der Waals surface area (Å²) in [5, 5.41) is 0. The molecule has 0 saturated carbocycles. The largest absolute Gasteiger partial charge is 0.383 e. The molecule has 0 saturated heterocycles. The third-order valence-electron chi connectivity index (χ3n) is 2.71. The number of fused-ring (bicyclic) bond motifs is 1. The van der Waals surface area contributed by atoms with Crippen molar-refractivity contribution in [2.45, 2.75) is 13.3 Å². The molecule has 0 aliphatic rings. The lowest BCUT2D eigenvalue weighted by molar-refractivity contribution is -0.113. The molecule has 0 spiro atoms. The molecule has 0 unspecified atom stereocenters. The number of carbonyl (C=O) groups excluding carboxylic acids is 1. The van der Waals surface area contributed by atoms with E-state index in [2.05, 4.69) is 4.98 Å². The molecular weight excluding hydrogens is 226 g/mol. The van der Waals surface area contributed by atoms with E-state index in [9.17, 15) is 4.79 Å². The van der Waals surface area contributed by atoms with Crippen LogP contribution in [0.25, 0.3) is 5.65 Å². The van der Waals surface area contributed by atoms with E-state index >= 15 is 0 Å². The molecule has 2 heterocycles. The molecule has 0 N–H and O–H groups in total. The van der Waals surface area contributed by atoms with Crippen molar-refractivity contribution in [3.63, 3.8) is 0 Å². The molecule has 0 aliphatic carbocycles. The van der Waals surface area contributed by atoms with Crippen molar-refractivity contribution in [3.05, 3.63) is 48.1 Å². The fraction of sp³-hybridized carbons (Fsp3) is 0.286. The van der Waals surface area contributed by atoms with Gasteiger partial charge in [-0.3, -0.25) is 4.79 Å². The molecule has 18 heavy (non-hydrogen) atoms. The minimum atomic E-state index is 0.106. The second kappa shape index (κ2) is 5.04. The van der Waals surface area contributed by atoms with Gasteiger partial charge in [0.1, 0.15) is 5.65 Å². The Hall–Kier alpha value is -2.10. The quantitative estimate of drug-likeness (QED) is 0.770. The van der Waals surface area contributed by atoms with Crippen molar-refractivity contribution in [1.29, 1.82) is 0 Å². The fourth-order valence-electron chi connectivity index (χ4n) is 1.86. The Morgan fingerprint density at radius 2 is 2.22 bits per heavy atom. The van der Waals surface area contributed by atoms with Crippen molar-refractivity contribution in [2.75, 3.05) is 14.1 Å². The number of allylic oxidation sites excluding steroid dienone is 1. The van der Waals surface area contributed by atoms with Crippen LogP contribution in [-0.4, -0.2) is 34.2 Å². The highest BCUT2D eigenvalue weighted by atomic mass is 16.1. The maximum absolute atomic E-state index is 11.6. The lowest BCUT2D eigenvalue weighted by atomic mass is 10.0. The van der Waals surface area contributed by atoms with Crippen molar-refractivity contribution >= 4 is 11.4 Å². The SMILES string of the molecule is CC(=O)/C(=C\N(C)C)Cc1ccc2nccn2c1. The predicted molar refractivity (Wildman–Crippen MR) is 71.3 cm³/mol. The fourth-order valence-corrected chi connectivity index (χ4v) is 1.86. The maximum Gasteiger partial charge on any atom is 0.157 e. The van der Waals surface area contributed by atoms with Crippen LogP contribution in [-0.2, 0) is 11.2 Å². The molecular formula is C14H17N3O. The van der Waals surface area contributed by atoms with Crippen molar-refractivity contribution < 1.29 is 4.79 Å². The summed E-state index contributed by atoms with van der Waals surface area (Å²) in [6.45, 7) is 1.60. The zero-order chi connectivity index (χ0) is 13.1. The number of aromatic nitrogens is 2. The average Bonchev–Trinajstić information content (AvgIpc) is 2.74. The average molecular weight is 243 g/mol. The van der Waals surface area contributed by atoms with Crippen LogP contribution in [0.3, 0.4) is 0 Å². The standard InChI is InChI=1S/C14H17N3O/c1-11(18)13(10-16(2)3)8-12-4-5-14-15-6-7-17(14)9-12/h4-7,9-10H,8H2,1-3H3/b13-10-. The van der Waals surface area contributed by atoms with E-state index in [1.165, 1.54) is 0 Å². The predicted octanol–water partition coefficient (Wildman–Crippen LogP) is 1.91. The summed E-state index contributed by atoms with van der Waals surface area (Å²) in [6, 6.07) is 3.97. The van der Waals surface area contributed by atoms with E-state index in [0.717, 1.165) is 16.8 Å². The van der Waals surface area contributed by atoms with Crippen molar-refractivity contribution in [1.82, 2.24) is 14.3 Å². The second-order valence-electron chi connectivity index (χ2n) is 4.58. The van der Waals surface area contributed by atoms with Crippen LogP contribution in [0.4, 0.5) is 0 Å². The molecule has 0 radical (unpaired) electrons. The minimum Gasteiger partial charge on any atom is -0.383 e. The van der Waals surface area contributed by atoms with Gasteiger partial charge in [-0.25, -0.2) is 4.98 Å². The smallest absolute Gasteiger partial charge is 0.157 e. The number of imidazole rings is 1. The number of pyridine rings is 1. The van der Waals surface area contributed by atoms with Crippen LogP contribution in [0.5, 0.6) is 0 Å². The topological polar surface area (TPSA) is 37.6 Å².